The van der Waals surface area contributed by atoms with Crippen molar-refractivity contribution in [1.82, 2.24) is 10.2 Å². The summed E-state index contributed by atoms with van der Waals surface area (Å²) in [6, 6.07) is 5.72. The van der Waals surface area contributed by atoms with Crippen LogP contribution in [0.2, 0.25) is 0 Å². The van der Waals surface area contributed by atoms with Crippen molar-refractivity contribution in [1.29, 1.82) is 0 Å². The second-order valence-corrected chi connectivity index (χ2v) is 7.71. The summed E-state index contributed by atoms with van der Waals surface area (Å²) in [5, 5.41) is 22.5. The van der Waals surface area contributed by atoms with Crippen molar-refractivity contribution in [2.75, 3.05) is 13.2 Å². The van der Waals surface area contributed by atoms with Gasteiger partial charge in [-0.15, -0.1) is 21.5 Å². The van der Waals surface area contributed by atoms with Gasteiger partial charge < -0.3 is 14.3 Å². The molecule has 5 nitrogen and oxygen atoms in total. The van der Waals surface area contributed by atoms with Crippen molar-refractivity contribution < 1.29 is 14.3 Å². The Bertz CT molecular complexity index is 1110. The third kappa shape index (κ3) is 2.40. The van der Waals surface area contributed by atoms with E-state index in [0.717, 1.165) is 41.8 Å². The first kappa shape index (κ1) is 15.8. The van der Waals surface area contributed by atoms with Gasteiger partial charge in [-0.25, -0.2) is 0 Å². The minimum absolute atomic E-state index is 0.194. The summed E-state index contributed by atoms with van der Waals surface area (Å²) >= 11 is 1.68. The lowest BCUT2D eigenvalue weighted by Crippen LogP contribution is -2.15. The first-order chi connectivity index (χ1) is 12.7. The fourth-order valence-electron chi connectivity index (χ4n) is 3.79. The quantitative estimate of drug-likeness (QED) is 0.540. The molecule has 0 spiro atoms. The van der Waals surface area contributed by atoms with E-state index in [0.29, 0.717) is 28.1 Å². The molecule has 1 aliphatic heterocycles. The van der Waals surface area contributed by atoms with Gasteiger partial charge in [0, 0.05) is 18.1 Å². The van der Waals surface area contributed by atoms with Gasteiger partial charge in [0.05, 0.1) is 28.7 Å². The summed E-state index contributed by atoms with van der Waals surface area (Å²) in [6.45, 7) is 3.55. The van der Waals surface area contributed by atoms with E-state index in [1.54, 1.807) is 23.7 Å². The van der Waals surface area contributed by atoms with Crippen LogP contribution in [-0.4, -0.2) is 28.5 Å². The molecule has 1 aromatic carbocycles. The number of aromatic hydroxyl groups is 1. The fourth-order valence-corrected chi connectivity index (χ4v) is 4.79. The zero-order chi connectivity index (χ0) is 17.7. The van der Waals surface area contributed by atoms with E-state index in [1.807, 2.05) is 19.1 Å². The third-order valence-corrected chi connectivity index (χ3v) is 6.07. The number of thiophene rings is 1. The van der Waals surface area contributed by atoms with Crippen LogP contribution < -0.4 is 0 Å². The molecule has 1 unspecified atom stereocenters. The van der Waals surface area contributed by atoms with Gasteiger partial charge in [-0.3, -0.25) is 0 Å². The summed E-state index contributed by atoms with van der Waals surface area (Å²) in [5.74, 6) is 0.593. The van der Waals surface area contributed by atoms with Gasteiger partial charge in [-0.1, -0.05) is 0 Å². The van der Waals surface area contributed by atoms with Gasteiger partial charge in [0.1, 0.15) is 16.8 Å². The molecule has 4 aromatic rings. The lowest BCUT2D eigenvalue weighted by Gasteiger charge is -2.21. The topological polar surface area (TPSA) is 68.4 Å². The Labute approximate surface area is 154 Å². The van der Waals surface area contributed by atoms with Crippen molar-refractivity contribution in [3.05, 3.63) is 41.0 Å². The molecule has 0 amide bonds. The Balaban J connectivity index is 1.62. The van der Waals surface area contributed by atoms with Gasteiger partial charge in [0.2, 0.25) is 0 Å². The number of benzene rings is 1. The van der Waals surface area contributed by atoms with Crippen LogP contribution in [0.25, 0.3) is 32.4 Å². The van der Waals surface area contributed by atoms with E-state index in [-0.39, 0.29) is 5.75 Å². The Morgan fingerprint density at radius 1 is 1.27 bits per heavy atom. The number of aromatic nitrogens is 2. The smallest absolute Gasteiger partial charge is 0.137 e. The molecule has 3 aromatic heterocycles. The SMILES string of the molecule is Cc1cc2occc2c(O)c1-c1cc2scc(C3CCCOC3)c2nn1. The zero-order valence-electron chi connectivity index (χ0n) is 14.4. The van der Waals surface area contributed by atoms with Gasteiger partial charge in [-0.2, -0.15) is 0 Å². The van der Waals surface area contributed by atoms with Crippen molar-refractivity contribution in [2.45, 2.75) is 25.7 Å². The monoisotopic (exact) mass is 366 g/mol. The molecule has 1 aliphatic rings. The first-order valence-corrected chi connectivity index (χ1v) is 9.63. The highest BCUT2D eigenvalue weighted by atomic mass is 32.1. The minimum atomic E-state index is 0.194. The number of phenolic OH excluding ortho intramolecular Hbond substituents is 1. The molecule has 1 saturated heterocycles. The van der Waals surface area contributed by atoms with Crippen molar-refractivity contribution >= 4 is 32.5 Å². The summed E-state index contributed by atoms with van der Waals surface area (Å²) < 4.78 is 12.1. The average Bonchev–Trinajstić information content (AvgIpc) is 3.29. The molecule has 6 heteroatoms. The van der Waals surface area contributed by atoms with Gasteiger partial charge in [0.25, 0.3) is 0 Å². The Kier molecular flexibility index (Phi) is 3.69. The summed E-state index contributed by atoms with van der Waals surface area (Å²) in [5.41, 5.74) is 5.17. The molecule has 0 saturated carbocycles. The lowest BCUT2D eigenvalue weighted by molar-refractivity contribution is 0.0808. The summed E-state index contributed by atoms with van der Waals surface area (Å²) in [7, 11) is 0. The summed E-state index contributed by atoms with van der Waals surface area (Å²) in [6.07, 6.45) is 3.80. The van der Waals surface area contributed by atoms with Crippen LogP contribution in [0.3, 0.4) is 0 Å². The molecule has 0 aliphatic carbocycles. The third-order valence-electron chi connectivity index (χ3n) is 5.13. The molecule has 1 atom stereocenters. The van der Waals surface area contributed by atoms with Crippen LogP contribution >= 0.6 is 11.3 Å². The average molecular weight is 366 g/mol. The van der Waals surface area contributed by atoms with E-state index >= 15 is 0 Å². The largest absolute Gasteiger partial charge is 0.506 e. The lowest BCUT2D eigenvalue weighted by atomic mass is 9.95. The number of aryl methyl sites for hydroxylation is 1. The predicted octanol–water partition coefficient (Wildman–Crippen LogP) is 5.01. The van der Waals surface area contributed by atoms with Gasteiger partial charge in [0.15, 0.2) is 0 Å². The van der Waals surface area contributed by atoms with Crippen LogP contribution in [0.5, 0.6) is 5.75 Å². The number of nitrogens with zero attached hydrogens (tertiary/aromatic N) is 2. The zero-order valence-corrected chi connectivity index (χ0v) is 15.2. The standard InChI is InChI=1S/C20H18N2O3S/c1-11-7-16-13(4-6-25-16)20(23)18(11)15-8-17-19(22-21-15)14(10-26-17)12-3-2-5-24-9-12/h4,6-8,10,12,23H,2-3,5,9H2,1H3. The van der Waals surface area contributed by atoms with E-state index < -0.39 is 0 Å². The molecule has 5 rings (SSSR count). The van der Waals surface area contributed by atoms with Crippen LogP contribution in [0.15, 0.2) is 34.3 Å². The van der Waals surface area contributed by atoms with E-state index in [1.165, 1.54) is 5.56 Å². The summed E-state index contributed by atoms with van der Waals surface area (Å²) in [4.78, 5) is 0. The highest BCUT2D eigenvalue weighted by Gasteiger charge is 2.22. The van der Waals surface area contributed by atoms with Crippen molar-refractivity contribution in [3.63, 3.8) is 0 Å². The molecule has 0 radical (unpaired) electrons. The number of hydrogen-bond acceptors (Lipinski definition) is 6. The Hall–Kier alpha value is -2.44. The minimum Gasteiger partial charge on any atom is -0.506 e. The number of ether oxygens (including phenoxy) is 1. The number of furan rings is 1. The number of fused-ring (bicyclic) bond motifs is 2. The molecular formula is C20H18N2O3S. The maximum atomic E-state index is 10.7. The van der Waals surface area contributed by atoms with E-state index in [4.69, 9.17) is 9.15 Å². The molecule has 132 valence electrons. The van der Waals surface area contributed by atoms with Crippen LogP contribution in [-0.2, 0) is 4.74 Å². The molecule has 1 fully saturated rings. The number of rotatable bonds is 2. The van der Waals surface area contributed by atoms with Crippen molar-refractivity contribution in [2.24, 2.45) is 0 Å². The van der Waals surface area contributed by atoms with Crippen LogP contribution in [0.1, 0.15) is 29.9 Å². The fraction of sp³-hybridized carbons (Fsp3) is 0.300. The number of phenols is 1. The molecular weight excluding hydrogens is 348 g/mol. The first-order valence-electron chi connectivity index (χ1n) is 8.75. The highest BCUT2D eigenvalue weighted by molar-refractivity contribution is 7.17. The van der Waals surface area contributed by atoms with Crippen LogP contribution in [0, 0.1) is 6.92 Å². The Morgan fingerprint density at radius 3 is 3.04 bits per heavy atom. The maximum Gasteiger partial charge on any atom is 0.137 e. The molecule has 1 N–H and O–H groups in total. The van der Waals surface area contributed by atoms with Gasteiger partial charge in [-0.05, 0) is 54.5 Å². The van der Waals surface area contributed by atoms with E-state index in [9.17, 15) is 5.11 Å². The molecule has 0 bridgehead atoms. The normalized spacial score (nSPS) is 18.0. The second kappa shape index (κ2) is 6.07. The molecule has 4 heterocycles. The molecule has 26 heavy (non-hydrogen) atoms. The van der Waals surface area contributed by atoms with E-state index in [2.05, 4.69) is 15.6 Å². The number of hydrogen-bond donors (Lipinski definition) is 1. The Morgan fingerprint density at radius 2 is 2.19 bits per heavy atom. The maximum absolute atomic E-state index is 10.7. The second-order valence-electron chi connectivity index (χ2n) is 6.80. The van der Waals surface area contributed by atoms with Gasteiger partial charge >= 0.3 is 0 Å². The van der Waals surface area contributed by atoms with Crippen molar-refractivity contribution in [3.8, 4) is 17.0 Å². The van der Waals surface area contributed by atoms with Crippen LogP contribution in [0.4, 0.5) is 0 Å². The predicted molar refractivity (Wildman–Crippen MR) is 102 cm³/mol. The highest BCUT2D eigenvalue weighted by Crippen LogP contribution is 2.40.